The van der Waals surface area contributed by atoms with Gasteiger partial charge < -0.3 is 10.6 Å². The maximum atomic E-state index is 12.9. The standard InChI is InChI=1S/C17H20FN3OS/c1-11(12-6-8-13(18)9-7-12)20-17(22)19-10-16-21-14-4-2-3-5-15(14)23-16/h6-9,11H,2-5,10H2,1H3,(H2,19,20,22)/t11-/m1/s1. The lowest BCUT2D eigenvalue weighted by Crippen LogP contribution is -2.36. The molecule has 122 valence electrons. The molecule has 2 N–H and O–H groups in total. The fraction of sp³-hybridized carbons (Fsp3) is 0.412. The van der Waals surface area contributed by atoms with E-state index in [1.165, 1.54) is 35.5 Å². The van der Waals surface area contributed by atoms with Crippen LogP contribution in [0.3, 0.4) is 0 Å². The maximum absolute atomic E-state index is 12.9. The molecule has 0 bridgehead atoms. The number of carbonyl (C=O) groups is 1. The van der Waals surface area contributed by atoms with E-state index < -0.39 is 0 Å². The first-order valence-electron chi connectivity index (χ1n) is 7.89. The van der Waals surface area contributed by atoms with E-state index in [2.05, 4.69) is 15.6 Å². The Morgan fingerprint density at radius 3 is 2.78 bits per heavy atom. The van der Waals surface area contributed by atoms with Crippen LogP contribution < -0.4 is 10.6 Å². The molecule has 1 aromatic heterocycles. The average molecular weight is 333 g/mol. The Morgan fingerprint density at radius 1 is 1.30 bits per heavy atom. The van der Waals surface area contributed by atoms with Crippen molar-refractivity contribution in [3.8, 4) is 0 Å². The Hall–Kier alpha value is -1.95. The van der Waals surface area contributed by atoms with Crippen molar-refractivity contribution in [1.82, 2.24) is 15.6 Å². The number of nitrogens with one attached hydrogen (secondary N) is 2. The van der Waals surface area contributed by atoms with Gasteiger partial charge in [0.05, 0.1) is 18.3 Å². The van der Waals surface area contributed by atoms with Crippen molar-refractivity contribution < 1.29 is 9.18 Å². The molecule has 0 spiro atoms. The molecule has 1 heterocycles. The van der Waals surface area contributed by atoms with Crippen LogP contribution in [0.4, 0.5) is 9.18 Å². The number of amides is 2. The van der Waals surface area contributed by atoms with E-state index in [1.807, 2.05) is 6.92 Å². The second-order valence-corrected chi connectivity index (χ2v) is 6.95. The Morgan fingerprint density at radius 2 is 2.04 bits per heavy atom. The Labute approximate surface area is 139 Å². The summed E-state index contributed by atoms with van der Waals surface area (Å²) >= 11 is 1.70. The largest absolute Gasteiger partial charge is 0.332 e. The van der Waals surface area contributed by atoms with Crippen LogP contribution in [0.15, 0.2) is 24.3 Å². The molecule has 6 heteroatoms. The molecule has 0 unspecified atom stereocenters. The average Bonchev–Trinajstić information content (AvgIpc) is 2.96. The first kappa shape index (κ1) is 15.9. The zero-order chi connectivity index (χ0) is 16.2. The number of hydrogen-bond acceptors (Lipinski definition) is 3. The van der Waals surface area contributed by atoms with E-state index in [0.29, 0.717) is 6.54 Å². The van der Waals surface area contributed by atoms with E-state index >= 15 is 0 Å². The van der Waals surface area contributed by atoms with E-state index in [4.69, 9.17) is 0 Å². The van der Waals surface area contributed by atoms with Gasteiger partial charge in [-0.05, 0) is 50.3 Å². The maximum Gasteiger partial charge on any atom is 0.315 e. The predicted molar refractivity (Wildman–Crippen MR) is 88.9 cm³/mol. The molecular weight excluding hydrogens is 313 g/mol. The number of hydrogen-bond donors (Lipinski definition) is 2. The predicted octanol–water partition coefficient (Wildman–Crippen LogP) is 3.72. The second-order valence-electron chi connectivity index (χ2n) is 5.78. The van der Waals surface area contributed by atoms with Crippen molar-refractivity contribution in [3.05, 3.63) is 51.2 Å². The number of thiazole rings is 1. The second kappa shape index (κ2) is 7.08. The molecule has 0 saturated heterocycles. The third-order valence-corrected chi connectivity index (χ3v) is 5.17. The monoisotopic (exact) mass is 333 g/mol. The number of fused-ring (bicyclic) bond motifs is 1. The minimum atomic E-state index is -0.280. The van der Waals surface area contributed by atoms with Crippen molar-refractivity contribution in [3.63, 3.8) is 0 Å². The minimum Gasteiger partial charge on any atom is -0.332 e. The summed E-state index contributed by atoms with van der Waals surface area (Å²) in [5.41, 5.74) is 2.07. The summed E-state index contributed by atoms with van der Waals surface area (Å²) < 4.78 is 12.9. The number of nitrogens with zero attached hydrogens (tertiary/aromatic N) is 1. The molecule has 4 nitrogen and oxygen atoms in total. The highest BCUT2D eigenvalue weighted by molar-refractivity contribution is 7.11. The van der Waals surface area contributed by atoms with Gasteiger partial charge in [-0.3, -0.25) is 0 Å². The van der Waals surface area contributed by atoms with Crippen molar-refractivity contribution >= 4 is 17.4 Å². The molecule has 1 aromatic carbocycles. The molecule has 2 aromatic rings. The third-order valence-electron chi connectivity index (χ3n) is 4.01. The fourth-order valence-corrected chi connectivity index (χ4v) is 3.82. The van der Waals surface area contributed by atoms with Gasteiger partial charge in [0.15, 0.2) is 0 Å². The summed E-state index contributed by atoms with van der Waals surface area (Å²) in [5, 5.41) is 6.66. The topological polar surface area (TPSA) is 54.0 Å². The molecule has 0 fully saturated rings. The van der Waals surface area contributed by atoms with Gasteiger partial charge in [0, 0.05) is 4.88 Å². The lowest BCUT2D eigenvalue weighted by atomic mass is 10.0. The molecular formula is C17H20FN3OS. The summed E-state index contributed by atoms with van der Waals surface area (Å²) in [6, 6.07) is 5.72. The number of aryl methyl sites for hydroxylation is 2. The number of carbonyl (C=O) groups excluding carboxylic acids is 1. The van der Waals surface area contributed by atoms with Gasteiger partial charge in [0.1, 0.15) is 10.8 Å². The highest BCUT2D eigenvalue weighted by Gasteiger charge is 2.15. The molecule has 0 saturated carbocycles. The first-order chi connectivity index (χ1) is 11.1. The van der Waals surface area contributed by atoms with Gasteiger partial charge in [-0.2, -0.15) is 0 Å². The highest BCUT2D eigenvalue weighted by atomic mass is 32.1. The SMILES string of the molecule is C[C@@H](NC(=O)NCc1nc2c(s1)CCCC2)c1ccc(F)cc1. The zero-order valence-corrected chi connectivity index (χ0v) is 13.9. The van der Waals surface area contributed by atoms with Crippen LogP contribution in [-0.4, -0.2) is 11.0 Å². The fourth-order valence-electron chi connectivity index (χ4n) is 2.72. The van der Waals surface area contributed by atoms with E-state index in [0.717, 1.165) is 23.4 Å². The third kappa shape index (κ3) is 4.07. The van der Waals surface area contributed by atoms with Crippen molar-refractivity contribution in [2.24, 2.45) is 0 Å². The van der Waals surface area contributed by atoms with Crippen LogP contribution in [0.5, 0.6) is 0 Å². The molecule has 0 aliphatic heterocycles. The summed E-state index contributed by atoms with van der Waals surface area (Å²) in [5.74, 6) is -0.280. The van der Waals surface area contributed by atoms with E-state index in [-0.39, 0.29) is 17.9 Å². The number of aromatic nitrogens is 1. The molecule has 2 amide bonds. The van der Waals surface area contributed by atoms with Crippen LogP contribution in [0, 0.1) is 5.82 Å². The molecule has 23 heavy (non-hydrogen) atoms. The number of rotatable bonds is 4. The van der Waals surface area contributed by atoms with Crippen LogP contribution in [0.1, 0.15) is 46.9 Å². The number of halogens is 1. The Kier molecular flexibility index (Phi) is 4.91. The summed E-state index contributed by atoms with van der Waals surface area (Å²) in [6.45, 7) is 2.31. The Bertz CT molecular complexity index is 660. The lowest BCUT2D eigenvalue weighted by molar-refractivity contribution is 0.237. The van der Waals surface area contributed by atoms with Gasteiger partial charge in [0.25, 0.3) is 0 Å². The van der Waals surface area contributed by atoms with Crippen LogP contribution in [0.2, 0.25) is 0 Å². The Balaban J connectivity index is 1.51. The summed E-state index contributed by atoms with van der Waals surface area (Å²) in [4.78, 5) is 18.0. The van der Waals surface area contributed by atoms with Crippen LogP contribution >= 0.6 is 11.3 Å². The van der Waals surface area contributed by atoms with Gasteiger partial charge in [-0.25, -0.2) is 14.2 Å². The van der Waals surface area contributed by atoms with Gasteiger partial charge in [-0.1, -0.05) is 12.1 Å². The highest BCUT2D eigenvalue weighted by Crippen LogP contribution is 2.26. The van der Waals surface area contributed by atoms with Crippen molar-refractivity contribution in [2.75, 3.05) is 0 Å². The molecule has 1 atom stereocenters. The zero-order valence-electron chi connectivity index (χ0n) is 13.1. The van der Waals surface area contributed by atoms with E-state index in [1.54, 1.807) is 23.5 Å². The number of benzene rings is 1. The van der Waals surface area contributed by atoms with E-state index in [9.17, 15) is 9.18 Å². The quantitative estimate of drug-likeness (QED) is 0.896. The van der Waals surface area contributed by atoms with Gasteiger partial charge >= 0.3 is 6.03 Å². The van der Waals surface area contributed by atoms with Crippen molar-refractivity contribution in [1.29, 1.82) is 0 Å². The van der Waals surface area contributed by atoms with Gasteiger partial charge in [0.2, 0.25) is 0 Å². The van der Waals surface area contributed by atoms with Crippen molar-refractivity contribution in [2.45, 2.75) is 45.2 Å². The normalized spacial score (nSPS) is 14.9. The lowest BCUT2D eigenvalue weighted by Gasteiger charge is -2.14. The first-order valence-corrected chi connectivity index (χ1v) is 8.71. The minimum absolute atomic E-state index is 0.180. The van der Waals surface area contributed by atoms with Gasteiger partial charge in [-0.15, -0.1) is 11.3 Å². The molecule has 1 aliphatic carbocycles. The molecule has 1 aliphatic rings. The van der Waals surface area contributed by atoms with Crippen LogP contribution in [-0.2, 0) is 19.4 Å². The molecule has 0 radical (unpaired) electrons. The molecule has 3 rings (SSSR count). The number of urea groups is 1. The van der Waals surface area contributed by atoms with Crippen LogP contribution in [0.25, 0.3) is 0 Å². The smallest absolute Gasteiger partial charge is 0.315 e. The summed E-state index contributed by atoms with van der Waals surface area (Å²) in [7, 11) is 0. The summed E-state index contributed by atoms with van der Waals surface area (Å²) in [6.07, 6.45) is 4.61.